The molecule has 0 saturated heterocycles. The van der Waals surface area contributed by atoms with Gasteiger partial charge in [-0.05, 0) is 17.7 Å². The molecular weight excluding hydrogens is 198 g/mol. The number of aromatic hydroxyl groups is 1. The maximum Gasteiger partial charge on any atom is 0.223 e. The third-order valence-electron chi connectivity index (χ3n) is 2.10. The van der Waals surface area contributed by atoms with Crippen LogP contribution in [0.4, 0.5) is 0 Å². The van der Waals surface area contributed by atoms with Crippen LogP contribution in [-0.4, -0.2) is 22.4 Å². The number of rotatable bonds is 1. The van der Waals surface area contributed by atoms with E-state index in [0.29, 0.717) is 5.52 Å². The van der Waals surface area contributed by atoms with Crippen molar-refractivity contribution in [3.63, 3.8) is 0 Å². The fourth-order valence-corrected chi connectivity index (χ4v) is 1.50. The molecule has 1 aromatic carbocycles. The second-order valence-electron chi connectivity index (χ2n) is 3.05. The Bertz CT molecular complexity index is 489. The number of aromatic nitrogens is 2. The van der Waals surface area contributed by atoms with E-state index in [4.69, 9.17) is 11.6 Å². The summed E-state index contributed by atoms with van der Waals surface area (Å²) in [5.74, 6) is 0.156. The van der Waals surface area contributed by atoms with Gasteiger partial charge in [0, 0.05) is 11.6 Å². The minimum absolute atomic E-state index is 0.150. The average molecular weight is 206 g/mol. The van der Waals surface area contributed by atoms with E-state index in [2.05, 4.69) is 9.97 Å². The molecule has 1 aromatic heterocycles. The van der Waals surface area contributed by atoms with Gasteiger partial charge in [-0.2, -0.15) is 0 Å². The van der Waals surface area contributed by atoms with Gasteiger partial charge in [-0.3, -0.25) is 0 Å². The largest absolute Gasteiger partial charge is 0.506 e. The van der Waals surface area contributed by atoms with Crippen LogP contribution in [0.15, 0.2) is 18.3 Å². The molecule has 0 aliphatic rings. The molecule has 0 fully saturated rings. The second-order valence-corrected chi connectivity index (χ2v) is 3.38. The first-order valence-corrected chi connectivity index (χ1v) is 4.72. The zero-order valence-electron chi connectivity index (χ0n) is 7.66. The molecule has 0 amide bonds. The van der Waals surface area contributed by atoms with Gasteiger partial charge in [0.15, 0.2) is 7.28 Å². The number of hydrogen-bond acceptors (Lipinski definition) is 3. The lowest BCUT2D eigenvalue weighted by atomic mass is 9.73. The molecule has 0 aliphatic carbocycles. The van der Waals surface area contributed by atoms with E-state index in [1.54, 1.807) is 12.3 Å². The predicted molar refractivity (Wildman–Crippen MR) is 58.9 cm³/mol. The third-order valence-corrected chi connectivity index (χ3v) is 2.28. The number of phenolic OH excluding ortho intramolecular Hbond substituents is 1. The molecule has 14 heavy (non-hydrogen) atoms. The molecule has 0 bridgehead atoms. The summed E-state index contributed by atoms with van der Waals surface area (Å²) in [6.45, 7) is 2.03. The van der Waals surface area contributed by atoms with Gasteiger partial charge in [0.05, 0.1) is 0 Å². The van der Waals surface area contributed by atoms with Crippen molar-refractivity contribution < 1.29 is 5.11 Å². The summed E-state index contributed by atoms with van der Waals surface area (Å²) >= 11 is 5.63. The van der Waals surface area contributed by atoms with Gasteiger partial charge >= 0.3 is 0 Å². The van der Waals surface area contributed by atoms with Crippen LogP contribution in [0.3, 0.4) is 0 Å². The summed E-state index contributed by atoms with van der Waals surface area (Å²) in [7, 11) is 0.867. The first-order valence-electron chi connectivity index (χ1n) is 4.35. The molecule has 5 heteroatoms. The van der Waals surface area contributed by atoms with E-state index in [9.17, 15) is 5.11 Å². The lowest BCUT2D eigenvalue weighted by Gasteiger charge is -2.02. The molecule has 0 radical (unpaired) electrons. The van der Waals surface area contributed by atoms with E-state index in [-0.39, 0.29) is 11.0 Å². The SMILES string of the molecule is CBc1cc(O)c2nc(Cl)ncc2c1. The highest BCUT2D eigenvalue weighted by atomic mass is 35.5. The summed E-state index contributed by atoms with van der Waals surface area (Å²) in [6.07, 6.45) is 1.61. The van der Waals surface area contributed by atoms with Crippen molar-refractivity contribution >= 4 is 35.2 Å². The first kappa shape index (κ1) is 9.28. The minimum Gasteiger partial charge on any atom is -0.506 e. The first-order chi connectivity index (χ1) is 6.70. The molecule has 70 valence electrons. The maximum absolute atomic E-state index is 9.66. The smallest absolute Gasteiger partial charge is 0.223 e. The highest BCUT2D eigenvalue weighted by molar-refractivity contribution is 6.52. The molecular formula is C9H8BClN2O. The molecule has 0 aliphatic heterocycles. The monoisotopic (exact) mass is 206 g/mol. The maximum atomic E-state index is 9.66. The molecule has 2 aromatic rings. The van der Waals surface area contributed by atoms with Crippen LogP contribution in [0.25, 0.3) is 10.9 Å². The van der Waals surface area contributed by atoms with Crippen LogP contribution in [0, 0.1) is 0 Å². The normalized spacial score (nSPS) is 10.4. The summed E-state index contributed by atoms with van der Waals surface area (Å²) < 4.78 is 0. The van der Waals surface area contributed by atoms with E-state index >= 15 is 0 Å². The van der Waals surface area contributed by atoms with Crippen molar-refractivity contribution in [2.75, 3.05) is 0 Å². The lowest BCUT2D eigenvalue weighted by molar-refractivity contribution is 0.480. The molecule has 1 heterocycles. The Morgan fingerprint density at radius 3 is 2.93 bits per heavy atom. The topological polar surface area (TPSA) is 46.0 Å². The van der Waals surface area contributed by atoms with Gasteiger partial charge < -0.3 is 5.11 Å². The van der Waals surface area contributed by atoms with Crippen molar-refractivity contribution in [3.8, 4) is 5.75 Å². The number of fused-ring (bicyclic) bond motifs is 1. The summed E-state index contributed by atoms with van der Waals surface area (Å²) in [4.78, 5) is 7.82. The summed E-state index contributed by atoms with van der Waals surface area (Å²) in [5, 5.41) is 10.6. The van der Waals surface area contributed by atoms with Crippen molar-refractivity contribution in [3.05, 3.63) is 23.6 Å². The molecule has 0 unspecified atom stereocenters. The molecule has 0 spiro atoms. The fourth-order valence-electron chi connectivity index (χ4n) is 1.37. The van der Waals surface area contributed by atoms with E-state index in [0.717, 1.165) is 18.1 Å². The van der Waals surface area contributed by atoms with Gasteiger partial charge in [0.25, 0.3) is 0 Å². The van der Waals surface area contributed by atoms with Crippen LogP contribution in [0.2, 0.25) is 12.1 Å². The average Bonchev–Trinajstić information content (AvgIpc) is 2.19. The standard InChI is InChI=1S/C9H8BClN2O/c1-10-6-2-5-4-12-9(11)13-8(5)7(14)3-6/h2-4,10,14H,1H3. The Labute approximate surface area is 87.0 Å². The van der Waals surface area contributed by atoms with Gasteiger partial charge in [0.1, 0.15) is 11.3 Å². The molecule has 3 nitrogen and oxygen atoms in total. The van der Waals surface area contributed by atoms with Gasteiger partial charge in [-0.1, -0.05) is 18.4 Å². The Hall–Kier alpha value is -1.29. The van der Waals surface area contributed by atoms with E-state index < -0.39 is 0 Å². The number of hydrogen-bond donors (Lipinski definition) is 1. The Morgan fingerprint density at radius 2 is 2.21 bits per heavy atom. The fraction of sp³-hybridized carbons (Fsp3) is 0.111. The zero-order chi connectivity index (χ0) is 10.1. The van der Waals surface area contributed by atoms with Crippen LogP contribution in [0.5, 0.6) is 5.75 Å². The van der Waals surface area contributed by atoms with Crippen molar-refractivity contribution in [1.29, 1.82) is 0 Å². The van der Waals surface area contributed by atoms with Crippen LogP contribution in [-0.2, 0) is 0 Å². The van der Waals surface area contributed by atoms with Crippen LogP contribution in [0.1, 0.15) is 0 Å². The highest BCUT2D eigenvalue weighted by Gasteiger charge is 2.05. The van der Waals surface area contributed by atoms with Gasteiger partial charge in [-0.15, -0.1) is 0 Å². The Morgan fingerprint density at radius 1 is 1.43 bits per heavy atom. The van der Waals surface area contributed by atoms with E-state index in [1.165, 1.54) is 0 Å². The minimum atomic E-state index is 0.150. The highest BCUT2D eigenvalue weighted by Crippen LogP contribution is 2.21. The quantitative estimate of drug-likeness (QED) is 0.561. The molecule has 2 rings (SSSR count). The third kappa shape index (κ3) is 1.53. The molecule has 0 atom stereocenters. The number of benzene rings is 1. The van der Waals surface area contributed by atoms with E-state index in [1.807, 2.05) is 12.9 Å². The summed E-state index contributed by atoms with van der Waals surface area (Å²) in [6, 6.07) is 3.65. The van der Waals surface area contributed by atoms with Crippen molar-refractivity contribution in [1.82, 2.24) is 9.97 Å². The summed E-state index contributed by atoms with van der Waals surface area (Å²) in [5.41, 5.74) is 1.56. The Balaban J connectivity index is 2.76. The lowest BCUT2D eigenvalue weighted by Crippen LogP contribution is -2.09. The predicted octanol–water partition coefficient (Wildman–Crippen LogP) is 1.10. The van der Waals surface area contributed by atoms with Gasteiger partial charge in [0.2, 0.25) is 5.28 Å². The Kier molecular flexibility index (Phi) is 2.29. The zero-order valence-corrected chi connectivity index (χ0v) is 8.41. The number of halogens is 1. The van der Waals surface area contributed by atoms with Crippen LogP contribution < -0.4 is 5.46 Å². The second kappa shape index (κ2) is 3.46. The number of nitrogens with zero attached hydrogens (tertiary/aromatic N) is 2. The van der Waals surface area contributed by atoms with Gasteiger partial charge in [-0.25, -0.2) is 9.97 Å². The van der Waals surface area contributed by atoms with Crippen molar-refractivity contribution in [2.45, 2.75) is 6.82 Å². The number of phenols is 1. The van der Waals surface area contributed by atoms with Crippen molar-refractivity contribution in [2.24, 2.45) is 0 Å². The van der Waals surface area contributed by atoms with Crippen LogP contribution >= 0.6 is 11.6 Å². The molecule has 0 saturated carbocycles. The molecule has 1 N–H and O–H groups in total.